The molecule has 0 aliphatic rings. The van der Waals surface area contributed by atoms with Gasteiger partial charge in [-0.25, -0.2) is 9.50 Å². The lowest BCUT2D eigenvalue weighted by Crippen LogP contribution is -1.87. The number of fused-ring (bicyclic) bond motifs is 1. The maximum absolute atomic E-state index is 5.32. The van der Waals surface area contributed by atoms with Crippen LogP contribution in [0.4, 0.5) is 0 Å². The number of furan rings is 1. The van der Waals surface area contributed by atoms with Crippen LogP contribution in [0.25, 0.3) is 16.4 Å². The monoisotopic (exact) mass is 283 g/mol. The number of imidazole rings is 1. The van der Waals surface area contributed by atoms with Crippen LogP contribution < -0.4 is 0 Å². The summed E-state index contributed by atoms with van der Waals surface area (Å²) in [5.41, 5.74) is 1.84. The highest BCUT2D eigenvalue weighted by molar-refractivity contribution is 9.11. The fourth-order valence-corrected chi connectivity index (χ4v) is 2.74. The highest BCUT2D eigenvalue weighted by atomic mass is 79.9. The third-order valence-electron chi connectivity index (χ3n) is 2.16. The Morgan fingerprint density at radius 2 is 2.40 bits per heavy atom. The van der Waals surface area contributed by atoms with E-state index in [9.17, 15) is 0 Å². The summed E-state index contributed by atoms with van der Waals surface area (Å²) in [6.45, 7) is 1.98. The molecule has 0 saturated heterocycles. The minimum atomic E-state index is 0.779. The smallest absolute Gasteiger partial charge is 0.213 e. The summed E-state index contributed by atoms with van der Waals surface area (Å²) in [6.07, 6.45) is 1.64. The minimum Gasteiger partial charge on any atom is -0.463 e. The van der Waals surface area contributed by atoms with Crippen molar-refractivity contribution in [3.8, 4) is 11.5 Å². The Morgan fingerprint density at radius 1 is 1.53 bits per heavy atom. The topological polar surface area (TPSA) is 43.3 Å². The molecule has 3 aromatic rings. The van der Waals surface area contributed by atoms with Crippen molar-refractivity contribution < 1.29 is 4.42 Å². The van der Waals surface area contributed by atoms with Crippen molar-refractivity contribution in [1.82, 2.24) is 14.6 Å². The Balaban J connectivity index is 2.29. The molecule has 4 nitrogen and oxygen atoms in total. The second kappa shape index (κ2) is 3.18. The van der Waals surface area contributed by atoms with E-state index in [2.05, 4.69) is 26.0 Å². The van der Waals surface area contributed by atoms with E-state index in [1.165, 1.54) is 11.3 Å². The summed E-state index contributed by atoms with van der Waals surface area (Å²) < 4.78 is 7.96. The molecule has 0 bridgehead atoms. The van der Waals surface area contributed by atoms with E-state index < -0.39 is 0 Å². The first-order chi connectivity index (χ1) is 7.25. The van der Waals surface area contributed by atoms with Gasteiger partial charge in [-0.2, -0.15) is 0 Å². The SMILES string of the molecule is Cc1c(-c2ccco2)nc2sc(Br)nn12. The van der Waals surface area contributed by atoms with E-state index >= 15 is 0 Å². The van der Waals surface area contributed by atoms with Crippen LogP contribution in [-0.4, -0.2) is 14.6 Å². The van der Waals surface area contributed by atoms with Crippen molar-refractivity contribution >= 4 is 32.2 Å². The Hall–Kier alpha value is -1.14. The fraction of sp³-hybridized carbons (Fsp3) is 0.111. The van der Waals surface area contributed by atoms with Gasteiger partial charge >= 0.3 is 0 Å². The van der Waals surface area contributed by atoms with Gasteiger partial charge in [0.05, 0.1) is 12.0 Å². The molecule has 6 heteroatoms. The van der Waals surface area contributed by atoms with Crippen molar-refractivity contribution in [2.45, 2.75) is 6.92 Å². The van der Waals surface area contributed by atoms with Gasteiger partial charge in [0.2, 0.25) is 4.96 Å². The molecule has 0 aliphatic heterocycles. The summed E-state index contributed by atoms with van der Waals surface area (Å²) in [5, 5.41) is 4.29. The van der Waals surface area contributed by atoms with Crippen LogP contribution in [0.3, 0.4) is 0 Å². The standard InChI is InChI=1S/C9H6BrN3OS/c1-5-7(6-3-2-4-14-6)11-9-13(5)12-8(10)15-9/h2-4H,1H3. The van der Waals surface area contributed by atoms with Gasteiger partial charge in [0, 0.05) is 0 Å². The van der Waals surface area contributed by atoms with E-state index in [0.29, 0.717) is 0 Å². The summed E-state index contributed by atoms with van der Waals surface area (Å²) in [7, 11) is 0. The Kier molecular flexibility index (Phi) is 1.93. The van der Waals surface area contributed by atoms with Crippen LogP contribution >= 0.6 is 27.3 Å². The van der Waals surface area contributed by atoms with Crippen molar-refractivity contribution in [2.75, 3.05) is 0 Å². The molecule has 76 valence electrons. The first kappa shape index (κ1) is 9.11. The van der Waals surface area contributed by atoms with E-state index in [4.69, 9.17) is 4.42 Å². The molecule has 0 N–H and O–H groups in total. The molecule has 0 spiro atoms. The quantitative estimate of drug-likeness (QED) is 0.689. The van der Waals surface area contributed by atoms with Gasteiger partial charge in [0.25, 0.3) is 0 Å². The normalized spacial score (nSPS) is 11.3. The molecule has 0 aromatic carbocycles. The van der Waals surface area contributed by atoms with E-state index in [-0.39, 0.29) is 0 Å². The second-order valence-corrected chi connectivity index (χ2v) is 5.30. The van der Waals surface area contributed by atoms with Gasteiger partial charge in [0.15, 0.2) is 9.68 Å². The molecule has 0 unspecified atom stereocenters. The summed E-state index contributed by atoms with van der Waals surface area (Å²) in [6, 6.07) is 3.75. The predicted octanol–water partition coefficient (Wildman–Crippen LogP) is 3.12. The third kappa shape index (κ3) is 1.32. The van der Waals surface area contributed by atoms with E-state index in [1.807, 2.05) is 23.6 Å². The zero-order valence-electron chi connectivity index (χ0n) is 7.77. The van der Waals surface area contributed by atoms with Crippen molar-refractivity contribution in [2.24, 2.45) is 0 Å². The van der Waals surface area contributed by atoms with Crippen LogP contribution in [0.5, 0.6) is 0 Å². The minimum absolute atomic E-state index is 0.779. The second-order valence-electron chi connectivity index (χ2n) is 3.07. The van der Waals surface area contributed by atoms with Crippen molar-refractivity contribution in [3.05, 3.63) is 28.0 Å². The number of halogens is 1. The van der Waals surface area contributed by atoms with Crippen LogP contribution in [0.15, 0.2) is 26.7 Å². The van der Waals surface area contributed by atoms with E-state index in [0.717, 1.165) is 26.0 Å². The van der Waals surface area contributed by atoms with Crippen LogP contribution in [0, 0.1) is 6.92 Å². The Bertz CT molecular complexity index is 611. The van der Waals surface area contributed by atoms with Crippen LogP contribution in [0.1, 0.15) is 5.69 Å². The molecule has 0 aliphatic carbocycles. The van der Waals surface area contributed by atoms with Gasteiger partial charge in [-0.05, 0) is 35.0 Å². The van der Waals surface area contributed by atoms with Gasteiger partial charge in [-0.1, -0.05) is 11.3 Å². The number of aromatic nitrogens is 3. The Morgan fingerprint density at radius 3 is 3.07 bits per heavy atom. The molecule has 0 saturated carbocycles. The molecule has 0 radical (unpaired) electrons. The lowest BCUT2D eigenvalue weighted by Gasteiger charge is -1.91. The largest absolute Gasteiger partial charge is 0.463 e. The molecule has 0 atom stereocenters. The maximum Gasteiger partial charge on any atom is 0.213 e. The summed E-state index contributed by atoms with van der Waals surface area (Å²) >= 11 is 4.83. The highest BCUT2D eigenvalue weighted by Crippen LogP contribution is 2.28. The van der Waals surface area contributed by atoms with Crippen molar-refractivity contribution in [3.63, 3.8) is 0 Å². The predicted molar refractivity (Wildman–Crippen MR) is 61.0 cm³/mol. The first-order valence-electron chi connectivity index (χ1n) is 4.31. The number of nitrogens with zero attached hydrogens (tertiary/aromatic N) is 3. The molecular weight excluding hydrogens is 278 g/mol. The molecule has 0 amide bonds. The molecule has 3 heterocycles. The average Bonchev–Trinajstić information content (AvgIpc) is 2.84. The molecule has 0 fully saturated rings. The number of hydrogen-bond acceptors (Lipinski definition) is 4. The third-order valence-corrected chi connectivity index (χ3v) is 3.50. The zero-order valence-corrected chi connectivity index (χ0v) is 10.2. The number of aryl methyl sites for hydroxylation is 1. The van der Waals surface area contributed by atoms with Gasteiger partial charge in [-0.15, -0.1) is 5.10 Å². The lowest BCUT2D eigenvalue weighted by atomic mass is 10.3. The van der Waals surface area contributed by atoms with Gasteiger partial charge in [-0.3, -0.25) is 0 Å². The maximum atomic E-state index is 5.32. The summed E-state index contributed by atoms with van der Waals surface area (Å²) in [4.78, 5) is 5.34. The van der Waals surface area contributed by atoms with E-state index in [1.54, 1.807) is 6.26 Å². The lowest BCUT2D eigenvalue weighted by molar-refractivity contribution is 0.580. The highest BCUT2D eigenvalue weighted by Gasteiger charge is 2.15. The molecule has 15 heavy (non-hydrogen) atoms. The van der Waals surface area contributed by atoms with Crippen molar-refractivity contribution in [1.29, 1.82) is 0 Å². The molecule has 3 aromatic heterocycles. The first-order valence-corrected chi connectivity index (χ1v) is 5.92. The van der Waals surface area contributed by atoms with Gasteiger partial charge in [0.1, 0.15) is 5.69 Å². The number of hydrogen-bond donors (Lipinski definition) is 0. The Labute approximate surface area is 97.7 Å². The average molecular weight is 284 g/mol. The number of rotatable bonds is 1. The van der Waals surface area contributed by atoms with Crippen LogP contribution in [-0.2, 0) is 0 Å². The van der Waals surface area contributed by atoms with Crippen LogP contribution in [0.2, 0.25) is 0 Å². The molecule has 3 rings (SSSR count). The molecular formula is C9H6BrN3OS. The zero-order chi connectivity index (χ0) is 10.4. The van der Waals surface area contributed by atoms with Gasteiger partial charge < -0.3 is 4.42 Å². The fourth-order valence-electron chi connectivity index (χ4n) is 1.47. The summed E-state index contributed by atoms with van der Waals surface area (Å²) in [5.74, 6) is 0.779.